The van der Waals surface area contributed by atoms with E-state index in [0.29, 0.717) is 10.7 Å². The number of nitrogens with one attached hydrogen (secondary N) is 1. The van der Waals surface area contributed by atoms with Crippen LogP contribution in [-0.4, -0.2) is 12.2 Å². The molecule has 13 heavy (non-hydrogen) atoms. The summed E-state index contributed by atoms with van der Waals surface area (Å²) < 4.78 is 0. The first-order valence-electron chi connectivity index (χ1n) is 3.66. The fourth-order valence-electron chi connectivity index (χ4n) is 0.842. The molecule has 0 radical (unpaired) electrons. The first kappa shape index (κ1) is 9.74. The van der Waals surface area contributed by atoms with Crippen LogP contribution in [0.2, 0.25) is 5.02 Å². The molecule has 1 amide bonds. The zero-order valence-electron chi connectivity index (χ0n) is 7.00. The maximum atomic E-state index is 10.7. The van der Waals surface area contributed by atoms with Gasteiger partial charge in [0.25, 0.3) is 5.91 Å². The van der Waals surface area contributed by atoms with Crippen molar-refractivity contribution in [3.05, 3.63) is 28.8 Å². The van der Waals surface area contributed by atoms with E-state index in [4.69, 9.17) is 11.6 Å². The van der Waals surface area contributed by atoms with Gasteiger partial charge in [0.2, 0.25) is 6.29 Å². The number of hydrogen-bond acceptors (Lipinski definition) is 2. The second kappa shape index (κ2) is 4.05. The Morgan fingerprint density at radius 2 is 2.23 bits per heavy atom. The van der Waals surface area contributed by atoms with Gasteiger partial charge in [-0.1, -0.05) is 17.7 Å². The molecule has 1 N–H and O–H groups in total. The van der Waals surface area contributed by atoms with Gasteiger partial charge < -0.3 is 5.32 Å². The van der Waals surface area contributed by atoms with Crippen LogP contribution in [0.25, 0.3) is 0 Å². The number of rotatable bonds is 2. The van der Waals surface area contributed by atoms with E-state index >= 15 is 0 Å². The molecule has 68 valence electrons. The molecule has 0 aliphatic carbocycles. The van der Waals surface area contributed by atoms with Gasteiger partial charge in [-0.05, 0) is 24.6 Å². The van der Waals surface area contributed by atoms with E-state index in [9.17, 15) is 9.59 Å². The van der Waals surface area contributed by atoms with Gasteiger partial charge in [-0.15, -0.1) is 0 Å². The Morgan fingerprint density at radius 1 is 1.54 bits per heavy atom. The largest absolute Gasteiger partial charge is 0.320 e. The van der Waals surface area contributed by atoms with Gasteiger partial charge in [-0.2, -0.15) is 0 Å². The maximum absolute atomic E-state index is 10.7. The van der Waals surface area contributed by atoms with Crippen molar-refractivity contribution in [2.24, 2.45) is 0 Å². The van der Waals surface area contributed by atoms with E-state index in [1.807, 2.05) is 6.92 Å². The Balaban J connectivity index is 2.85. The van der Waals surface area contributed by atoms with E-state index in [0.717, 1.165) is 5.56 Å². The summed E-state index contributed by atoms with van der Waals surface area (Å²) in [7, 11) is 0. The number of hydrogen-bond donors (Lipinski definition) is 1. The third kappa shape index (κ3) is 2.56. The molecule has 0 aliphatic heterocycles. The van der Waals surface area contributed by atoms with Gasteiger partial charge in [0, 0.05) is 10.7 Å². The van der Waals surface area contributed by atoms with Crippen molar-refractivity contribution in [2.75, 3.05) is 5.32 Å². The van der Waals surface area contributed by atoms with Gasteiger partial charge in [0.15, 0.2) is 0 Å². The number of carbonyl (C=O) groups excluding carboxylic acids is 2. The minimum atomic E-state index is -0.681. The molecule has 0 unspecified atom stereocenters. The van der Waals surface area contributed by atoms with Gasteiger partial charge in [-0.25, -0.2) is 0 Å². The van der Waals surface area contributed by atoms with E-state index < -0.39 is 5.91 Å². The molecule has 3 nitrogen and oxygen atoms in total. The van der Waals surface area contributed by atoms with Crippen LogP contribution < -0.4 is 5.32 Å². The molecule has 0 saturated carbocycles. The molecule has 0 bridgehead atoms. The average Bonchev–Trinajstić information content (AvgIpc) is 2.11. The second-order valence-electron chi connectivity index (χ2n) is 2.57. The number of amides is 1. The highest BCUT2D eigenvalue weighted by Crippen LogP contribution is 2.19. The van der Waals surface area contributed by atoms with Gasteiger partial charge in [0.1, 0.15) is 0 Å². The lowest BCUT2D eigenvalue weighted by Crippen LogP contribution is -2.11. The Kier molecular flexibility index (Phi) is 3.03. The molecule has 0 fully saturated rings. The molecule has 0 saturated heterocycles. The van der Waals surface area contributed by atoms with Crippen molar-refractivity contribution in [1.82, 2.24) is 0 Å². The van der Waals surface area contributed by atoms with E-state index in [-0.39, 0.29) is 6.29 Å². The summed E-state index contributed by atoms with van der Waals surface area (Å²) in [5, 5.41) is 2.93. The lowest BCUT2D eigenvalue weighted by molar-refractivity contribution is -0.127. The quantitative estimate of drug-likeness (QED) is 0.580. The molecule has 1 aromatic carbocycles. The summed E-state index contributed by atoms with van der Waals surface area (Å²) in [4.78, 5) is 20.7. The Hall–Kier alpha value is -1.35. The van der Waals surface area contributed by atoms with Crippen molar-refractivity contribution in [1.29, 1.82) is 0 Å². The molecule has 0 spiro atoms. The van der Waals surface area contributed by atoms with Crippen molar-refractivity contribution in [2.45, 2.75) is 6.92 Å². The highest BCUT2D eigenvalue weighted by molar-refractivity contribution is 6.32. The van der Waals surface area contributed by atoms with Crippen molar-refractivity contribution in [3.63, 3.8) is 0 Å². The van der Waals surface area contributed by atoms with Crippen LogP contribution in [0.5, 0.6) is 0 Å². The number of carbonyl (C=O) groups is 2. The van der Waals surface area contributed by atoms with E-state index in [2.05, 4.69) is 5.32 Å². The van der Waals surface area contributed by atoms with Crippen LogP contribution in [-0.2, 0) is 9.59 Å². The first-order chi connectivity index (χ1) is 6.13. The van der Waals surface area contributed by atoms with Gasteiger partial charge in [0.05, 0.1) is 0 Å². The summed E-state index contributed by atoms with van der Waals surface area (Å²) >= 11 is 5.80. The molecular weight excluding hydrogens is 190 g/mol. The fraction of sp³-hybridized carbons (Fsp3) is 0.111. The highest BCUT2D eigenvalue weighted by Gasteiger charge is 2.01. The van der Waals surface area contributed by atoms with Gasteiger partial charge in [-0.3, -0.25) is 9.59 Å². The molecule has 0 atom stereocenters. The molecular formula is C9H8ClNO2. The van der Waals surface area contributed by atoms with Crippen LogP contribution in [0.15, 0.2) is 18.2 Å². The monoisotopic (exact) mass is 197 g/mol. The molecule has 0 heterocycles. The minimum absolute atomic E-state index is 0.216. The maximum Gasteiger partial charge on any atom is 0.288 e. The minimum Gasteiger partial charge on any atom is -0.320 e. The molecule has 0 aromatic heterocycles. The Bertz CT molecular complexity index is 349. The number of aldehydes is 1. The van der Waals surface area contributed by atoms with Crippen LogP contribution >= 0.6 is 11.6 Å². The summed E-state index contributed by atoms with van der Waals surface area (Å²) in [5.74, 6) is -0.681. The number of aryl methyl sites for hydroxylation is 1. The molecule has 1 aromatic rings. The summed E-state index contributed by atoms with van der Waals surface area (Å²) in [6.45, 7) is 1.85. The van der Waals surface area contributed by atoms with E-state index in [1.165, 1.54) is 0 Å². The molecule has 1 rings (SSSR count). The first-order valence-corrected chi connectivity index (χ1v) is 4.03. The number of anilines is 1. The van der Waals surface area contributed by atoms with Crippen molar-refractivity contribution >= 4 is 29.5 Å². The van der Waals surface area contributed by atoms with Crippen LogP contribution in [0.3, 0.4) is 0 Å². The Morgan fingerprint density at radius 3 is 2.77 bits per heavy atom. The molecule has 4 heteroatoms. The smallest absolute Gasteiger partial charge is 0.288 e. The lowest BCUT2D eigenvalue weighted by Gasteiger charge is -2.02. The fourth-order valence-corrected chi connectivity index (χ4v) is 1.02. The molecule has 0 aliphatic rings. The number of benzene rings is 1. The normalized spacial score (nSPS) is 9.38. The average molecular weight is 198 g/mol. The van der Waals surface area contributed by atoms with Crippen LogP contribution in [0.4, 0.5) is 5.69 Å². The third-order valence-corrected chi connectivity index (χ3v) is 1.95. The van der Waals surface area contributed by atoms with Crippen molar-refractivity contribution in [3.8, 4) is 0 Å². The van der Waals surface area contributed by atoms with E-state index in [1.54, 1.807) is 18.2 Å². The highest BCUT2D eigenvalue weighted by atomic mass is 35.5. The Labute approximate surface area is 80.7 Å². The standard InChI is InChI=1S/C9H8ClNO2/c1-6-2-3-7(4-8(6)10)11-9(13)5-12/h2-5H,1H3,(H,11,13). The van der Waals surface area contributed by atoms with Crippen molar-refractivity contribution < 1.29 is 9.59 Å². The second-order valence-corrected chi connectivity index (χ2v) is 2.98. The third-order valence-electron chi connectivity index (χ3n) is 1.55. The van der Waals surface area contributed by atoms with Crippen LogP contribution in [0, 0.1) is 6.92 Å². The van der Waals surface area contributed by atoms with Gasteiger partial charge >= 0.3 is 0 Å². The zero-order chi connectivity index (χ0) is 9.84. The zero-order valence-corrected chi connectivity index (χ0v) is 7.76. The predicted octanol–water partition coefficient (Wildman–Crippen LogP) is 1.79. The predicted molar refractivity (Wildman–Crippen MR) is 50.9 cm³/mol. The van der Waals surface area contributed by atoms with Crippen LogP contribution in [0.1, 0.15) is 5.56 Å². The topological polar surface area (TPSA) is 46.2 Å². The summed E-state index contributed by atoms with van der Waals surface area (Å²) in [6.07, 6.45) is 0.216. The SMILES string of the molecule is Cc1ccc(NC(=O)C=O)cc1Cl. The summed E-state index contributed by atoms with van der Waals surface area (Å²) in [5.41, 5.74) is 1.44. The number of halogens is 1. The summed E-state index contributed by atoms with van der Waals surface area (Å²) in [6, 6.07) is 5.05. The lowest BCUT2D eigenvalue weighted by atomic mass is 10.2.